The molecule has 1 heterocycles. The van der Waals surface area contributed by atoms with Gasteiger partial charge in [0.05, 0.1) is 12.5 Å². The number of rotatable bonds is 6. The van der Waals surface area contributed by atoms with Crippen LogP contribution in [0, 0.1) is 0 Å². The molecule has 0 bridgehead atoms. The summed E-state index contributed by atoms with van der Waals surface area (Å²) in [4.78, 5) is 1.95. The molecular weight excluding hydrogens is 342 g/mol. The molecule has 0 aliphatic carbocycles. The Bertz CT molecular complexity index is 732. The van der Waals surface area contributed by atoms with Crippen LogP contribution in [-0.4, -0.2) is 59.0 Å². The molecule has 0 saturated carbocycles. The minimum Gasteiger partial charge on any atom is -0.291 e. The lowest BCUT2D eigenvalue weighted by atomic mass is 10.1. The largest absolute Gasteiger partial charge is 0.291 e. The molecule has 2 rings (SSSR count). The Morgan fingerprint density at radius 1 is 1.04 bits per heavy atom. The number of benzene rings is 1. The van der Waals surface area contributed by atoms with Crippen molar-refractivity contribution >= 4 is 20.2 Å². The molecule has 3 atom stereocenters. The van der Waals surface area contributed by atoms with Crippen molar-refractivity contribution in [1.29, 1.82) is 0 Å². The van der Waals surface area contributed by atoms with E-state index in [0.717, 1.165) is 18.1 Å². The van der Waals surface area contributed by atoms with Gasteiger partial charge in [0.25, 0.3) is 20.2 Å². The number of likely N-dealkylation sites (tertiary alicyclic amines) is 1. The first-order valence-electron chi connectivity index (χ1n) is 7.10. The Hall–Kier alpha value is -1.00. The molecule has 1 aliphatic heterocycles. The lowest BCUT2D eigenvalue weighted by Crippen LogP contribution is -2.38. The van der Waals surface area contributed by atoms with Crippen molar-refractivity contribution in [3.63, 3.8) is 0 Å². The quantitative estimate of drug-likeness (QED) is 0.683. The van der Waals surface area contributed by atoms with E-state index >= 15 is 0 Å². The predicted octanol–water partition coefficient (Wildman–Crippen LogP) is 0.580. The van der Waals surface area contributed by atoms with E-state index in [1.165, 1.54) is 0 Å². The first kappa shape index (κ1) is 18.3. The molecule has 0 amide bonds. The highest BCUT2D eigenvalue weighted by Gasteiger charge is 2.44. The fourth-order valence-corrected chi connectivity index (χ4v) is 4.01. The van der Waals surface area contributed by atoms with Crippen LogP contribution in [-0.2, 0) is 35.1 Å². The van der Waals surface area contributed by atoms with Gasteiger partial charge in [-0.05, 0) is 12.5 Å². The second-order valence-corrected chi connectivity index (χ2v) is 8.96. The predicted molar refractivity (Wildman–Crippen MR) is 85.7 cm³/mol. The van der Waals surface area contributed by atoms with Gasteiger partial charge in [0.1, 0.15) is 12.2 Å². The minimum atomic E-state index is -3.73. The van der Waals surface area contributed by atoms with Crippen molar-refractivity contribution in [3.8, 4) is 0 Å². The molecule has 130 valence electrons. The van der Waals surface area contributed by atoms with Crippen molar-refractivity contribution in [2.24, 2.45) is 0 Å². The third-order valence-electron chi connectivity index (χ3n) is 3.65. The van der Waals surface area contributed by atoms with Crippen molar-refractivity contribution in [3.05, 3.63) is 35.9 Å². The van der Waals surface area contributed by atoms with Crippen LogP contribution in [0.3, 0.4) is 0 Å². The standard InChI is InChI=1S/C14H21NO6S2/c1-11-14(21-23(3,18)19)13(20-22(2,16)17)10-15(11)9-12-7-5-4-6-8-12/h4-8,11,13-14H,9-10H2,1-3H3/t11-,13?,14+/m1/s1. The van der Waals surface area contributed by atoms with Crippen LogP contribution in [0.25, 0.3) is 0 Å². The molecule has 0 N–H and O–H groups in total. The summed E-state index contributed by atoms with van der Waals surface area (Å²) in [7, 11) is -7.44. The van der Waals surface area contributed by atoms with Gasteiger partial charge in [-0.2, -0.15) is 16.8 Å². The van der Waals surface area contributed by atoms with Crippen molar-refractivity contribution in [1.82, 2.24) is 4.90 Å². The number of hydrogen-bond acceptors (Lipinski definition) is 7. The van der Waals surface area contributed by atoms with Crippen molar-refractivity contribution < 1.29 is 25.2 Å². The topological polar surface area (TPSA) is 90.0 Å². The summed E-state index contributed by atoms with van der Waals surface area (Å²) in [5, 5.41) is 0. The molecule has 9 heteroatoms. The monoisotopic (exact) mass is 363 g/mol. The minimum absolute atomic E-state index is 0.267. The molecule has 1 saturated heterocycles. The molecule has 7 nitrogen and oxygen atoms in total. The van der Waals surface area contributed by atoms with E-state index in [9.17, 15) is 16.8 Å². The van der Waals surface area contributed by atoms with Crippen molar-refractivity contribution in [2.75, 3.05) is 19.1 Å². The van der Waals surface area contributed by atoms with Crippen LogP contribution in [0.5, 0.6) is 0 Å². The maximum Gasteiger partial charge on any atom is 0.264 e. The number of hydrogen-bond donors (Lipinski definition) is 0. The Kier molecular flexibility index (Phi) is 5.47. The first-order valence-corrected chi connectivity index (χ1v) is 10.7. The third kappa shape index (κ3) is 5.54. The average Bonchev–Trinajstić information content (AvgIpc) is 2.65. The Balaban J connectivity index is 2.20. The zero-order chi connectivity index (χ0) is 17.3. The summed E-state index contributed by atoms with van der Waals surface area (Å²) < 4.78 is 55.9. The van der Waals surface area contributed by atoms with Gasteiger partial charge in [-0.25, -0.2) is 0 Å². The van der Waals surface area contributed by atoms with E-state index in [-0.39, 0.29) is 12.6 Å². The molecule has 1 fully saturated rings. The van der Waals surface area contributed by atoms with Gasteiger partial charge in [0.15, 0.2) is 0 Å². The normalized spacial score (nSPS) is 26.5. The second kappa shape index (κ2) is 6.86. The second-order valence-electron chi connectivity index (χ2n) is 5.76. The zero-order valence-corrected chi connectivity index (χ0v) is 14.9. The molecule has 0 spiro atoms. The van der Waals surface area contributed by atoms with Gasteiger partial charge in [-0.1, -0.05) is 30.3 Å². The van der Waals surface area contributed by atoms with Gasteiger partial charge in [0.2, 0.25) is 0 Å². The zero-order valence-electron chi connectivity index (χ0n) is 13.2. The van der Waals surface area contributed by atoms with Gasteiger partial charge in [-0.15, -0.1) is 0 Å². The van der Waals surface area contributed by atoms with Crippen LogP contribution in [0.4, 0.5) is 0 Å². The van der Waals surface area contributed by atoms with Crippen LogP contribution in [0.1, 0.15) is 12.5 Å². The van der Waals surface area contributed by atoms with Gasteiger partial charge in [0, 0.05) is 19.1 Å². The van der Waals surface area contributed by atoms with E-state index in [0.29, 0.717) is 6.54 Å². The van der Waals surface area contributed by atoms with Crippen LogP contribution >= 0.6 is 0 Å². The molecule has 1 aromatic carbocycles. The highest BCUT2D eigenvalue weighted by Crippen LogP contribution is 2.27. The first-order chi connectivity index (χ1) is 10.6. The van der Waals surface area contributed by atoms with E-state index in [1.54, 1.807) is 6.92 Å². The molecule has 0 radical (unpaired) electrons. The molecule has 23 heavy (non-hydrogen) atoms. The fraction of sp³-hybridized carbons (Fsp3) is 0.571. The van der Waals surface area contributed by atoms with Gasteiger partial charge in [-0.3, -0.25) is 13.3 Å². The number of nitrogens with zero attached hydrogens (tertiary/aromatic N) is 1. The van der Waals surface area contributed by atoms with E-state index in [4.69, 9.17) is 8.37 Å². The summed E-state index contributed by atoms with van der Waals surface area (Å²) in [5.74, 6) is 0. The van der Waals surface area contributed by atoms with Gasteiger partial charge < -0.3 is 0 Å². The smallest absolute Gasteiger partial charge is 0.264 e. The summed E-state index contributed by atoms with van der Waals surface area (Å²) >= 11 is 0. The summed E-state index contributed by atoms with van der Waals surface area (Å²) in [6.07, 6.45) is 0.147. The molecule has 1 unspecified atom stereocenters. The van der Waals surface area contributed by atoms with Crippen LogP contribution in [0.15, 0.2) is 30.3 Å². The van der Waals surface area contributed by atoms with Gasteiger partial charge >= 0.3 is 0 Å². The molecule has 1 aromatic rings. The Morgan fingerprint density at radius 2 is 1.61 bits per heavy atom. The average molecular weight is 363 g/mol. The Morgan fingerprint density at radius 3 is 2.13 bits per heavy atom. The SMILES string of the molecule is C[C@@H]1[C@H](OS(C)(=O)=O)C(OS(C)(=O)=O)CN1Cc1ccccc1. The maximum absolute atomic E-state index is 11.5. The highest BCUT2D eigenvalue weighted by atomic mass is 32.2. The highest BCUT2D eigenvalue weighted by molar-refractivity contribution is 7.86. The molecule has 0 aromatic heterocycles. The Labute approximate surface area is 137 Å². The van der Waals surface area contributed by atoms with E-state index < -0.39 is 32.4 Å². The van der Waals surface area contributed by atoms with E-state index in [1.807, 2.05) is 35.2 Å². The lowest BCUT2D eigenvalue weighted by Gasteiger charge is -2.23. The molecule has 1 aliphatic rings. The third-order valence-corrected chi connectivity index (χ3v) is 4.81. The molecular formula is C14H21NO6S2. The summed E-state index contributed by atoms with van der Waals surface area (Å²) in [6, 6.07) is 9.31. The van der Waals surface area contributed by atoms with Crippen molar-refractivity contribution in [2.45, 2.75) is 31.7 Å². The fourth-order valence-electron chi connectivity index (χ4n) is 2.70. The lowest BCUT2D eigenvalue weighted by molar-refractivity contribution is 0.0845. The summed E-state index contributed by atoms with van der Waals surface area (Å²) in [6.45, 7) is 2.61. The van der Waals surface area contributed by atoms with Crippen LogP contribution in [0.2, 0.25) is 0 Å². The van der Waals surface area contributed by atoms with E-state index in [2.05, 4.69) is 0 Å². The summed E-state index contributed by atoms with van der Waals surface area (Å²) in [5.41, 5.74) is 1.04. The van der Waals surface area contributed by atoms with Crippen LogP contribution < -0.4 is 0 Å². The maximum atomic E-state index is 11.5.